The molecule has 0 radical (unpaired) electrons. The van der Waals surface area contributed by atoms with Gasteiger partial charge in [0.15, 0.2) is 0 Å². The minimum atomic E-state index is -0.319. The lowest BCUT2D eigenvalue weighted by Crippen LogP contribution is -2.29. The Morgan fingerprint density at radius 2 is 2.04 bits per heavy atom. The van der Waals surface area contributed by atoms with Crippen molar-refractivity contribution in [3.63, 3.8) is 0 Å². The molecule has 0 unspecified atom stereocenters. The Bertz CT molecular complexity index is 775. The number of halogens is 1. The summed E-state index contributed by atoms with van der Waals surface area (Å²) in [5, 5.41) is 4.35. The summed E-state index contributed by atoms with van der Waals surface area (Å²) >= 11 is 6.15. The van der Waals surface area contributed by atoms with E-state index in [2.05, 4.69) is 5.32 Å². The third kappa shape index (κ3) is 2.56. The number of hydrogen-bond donors (Lipinski definition) is 1. The number of carbonyl (C=O) groups is 1. The SMILES string of the molecule is COC(=O)c1ccc([C@H]2Nc3ccc(Cl)cc3[C@H]3OCC[C@@H]23)cc1. The van der Waals surface area contributed by atoms with Crippen LogP contribution < -0.4 is 5.32 Å². The average molecular weight is 344 g/mol. The number of nitrogens with one attached hydrogen (secondary N) is 1. The first-order valence-electron chi connectivity index (χ1n) is 8.03. The molecule has 0 spiro atoms. The van der Waals surface area contributed by atoms with Crippen LogP contribution in [0.1, 0.15) is 40.1 Å². The van der Waals surface area contributed by atoms with E-state index in [0.29, 0.717) is 11.5 Å². The highest BCUT2D eigenvalue weighted by molar-refractivity contribution is 6.30. The number of fused-ring (bicyclic) bond motifs is 3. The van der Waals surface area contributed by atoms with Crippen LogP contribution in [0.4, 0.5) is 5.69 Å². The average Bonchev–Trinajstić information content (AvgIpc) is 3.11. The highest BCUT2D eigenvalue weighted by atomic mass is 35.5. The van der Waals surface area contributed by atoms with E-state index in [1.54, 1.807) is 0 Å². The molecule has 5 heteroatoms. The number of methoxy groups -OCH3 is 1. The fourth-order valence-corrected chi connectivity index (χ4v) is 3.90. The van der Waals surface area contributed by atoms with E-state index in [1.807, 2.05) is 42.5 Å². The molecule has 4 rings (SSSR count). The fraction of sp³-hybridized carbons (Fsp3) is 0.316. The number of esters is 1. The minimum absolute atomic E-state index is 0.0604. The zero-order valence-corrected chi connectivity index (χ0v) is 14.0. The Labute approximate surface area is 145 Å². The number of carbonyl (C=O) groups excluding carboxylic acids is 1. The largest absolute Gasteiger partial charge is 0.465 e. The maximum atomic E-state index is 11.6. The normalized spacial score (nSPS) is 24.7. The zero-order valence-electron chi connectivity index (χ0n) is 13.3. The molecule has 24 heavy (non-hydrogen) atoms. The zero-order chi connectivity index (χ0) is 16.7. The van der Waals surface area contributed by atoms with E-state index in [-0.39, 0.29) is 18.1 Å². The van der Waals surface area contributed by atoms with Gasteiger partial charge in [-0.1, -0.05) is 23.7 Å². The van der Waals surface area contributed by atoms with Gasteiger partial charge in [-0.2, -0.15) is 0 Å². The molecule has 3 atom stereocenters. The lowest BCUT2D eigenvalue weighted by Gasteiger charge is -2.36. The van der Waals surface area contributed by atoms with Crippen LogP contribution in [0, 0.1) is 5.92 Å². The molecule has 2 aromatic rings. The minimum Gasteiger partial charge on any atom is -0.465 e. The molecule has 0 aliphatic carbocycles. The molecule has 2 aromatic carbocycles. The molecule has 1 saturated heterocycles. The summed E-state index contributed by atoms with van der Waals surface area (Å²) < 4.78 is 10.8. The Morgan fingerprint density at radius 3 is 2.79 bits per heavy atom. The Balaban J connectivity index is 1.68. The lowest BCUT2D eigenvalue weighted by molar-refractivity contribution is 0.0600. The van der Waals surface area contributed by atoms with Crippen LogP contribution in [0.5, 0.6) is 0 Å². The van der Waals surface area contributed by atoms with E-state index >= 15 is 0 Å². The Hall–Kier alpha value is -2.04. The van der Waals surface area contributed by atoms with Crippen LogP contribution >= 0.6 is 11.6 Å². The van der Waals surface area contributed by atoms with E-state index in [9.17, 15) is 4.79 Å². The van der Waals surface area contributed by atoms with Crippen LogP contribution in [0.2, 0.25) is 5.02 Å². The first-order valence-corrected chi connectivity index (χ1v) is 8.41. The smallest absolute Gasteiger partial charge is 0.337 e. The van der Waals surface area contributed by atoms with Gasteiger partial charge in [-0.15, -0.1) is 0 Å². The summed E-state index contributed by atoms with van der Waals surface area (Å²) in [4.78, 5) is 11.6. The van der Waals surface area contributed by atoms with Crippen LogP contribution in [-0.4, -0.2) is 19.7 Å². The van der Waals surface area contributed by atoms with Crippen molar-refractivity contribution in [1.29, 1.82) is 0 Å². The molecule has 4 nitrogen and oxygen atoms in total. The van der Waals surface area contributed by atoms with E-state index in [0.717, 1.165) is 34.9 Å². The number of benzene rings is 2. The monoisotopic (exact) mass is 343 g/mol. The summed E-state index contributed by atoms with van der Waals surface area (Å²) in [5.41, 5.74) is 3.89. The van der Waals surface area contributed by atoms with Gasteiger partial charge >= 0.3 is 5.97 Å². The Kier molecular flexibility index (Phi) is 3.94. The third-order valence-corrected chi connectivity index (χ3v) is 5.12. The van der Waals surface area contributed by atoms with Crippen LogP contribution in [0.25, 0.3) is 0 Å². The standard InChI is InChI=1S/C19H18ClNO3/c1-23-19(22)12-4-2-11(3-5-12)17-14-8-9-24-18(14)15-10-13(20)6-7-16(15)21-17/h2-7,10,14,17-18,21H,8-9H2,1H3/t14-,17+,18-/m0/s1. The number of ether oxygens (including phenoxy) is 2. The highest BCUT2D eigenvalue weighted by Crippen LogP contribution is 2.50. The lowest BCUT2D eigenvalue weighted by atomic mass is 9.81. The molecule has 1 fully saturated rings. The van der Waals surface area contributed by atoms with E-state index in [4.69, 9.17) is 21.1 Å². The number of anilines is 1. The van der Waals surface area contributed by atoms with Crippen molar-refractivity contribution in [2.45, 2.75) is 18.6 Å². The number of rotatable bonds is 2. The van der Waals surface area contributed by atoms with Gasteiger partial charge < -0.3 is 14.8 Å². The van der Waals surface area contributed by atoms with Gasteiger partial charge in [0, 0.05) is 28.8 Å². The second kappa shape index (κ2) is 6.11. The van der Waals surface area contributed by atoms with Gasteiger partial charge in [0.2, 0.25) is 0 Å². The summed E-state index contributed by atoms with van der Waals surface area (Å²) in [6, 6.07) is 13.6. The summed E-state index contributed by atoms with van der Waals surface area (Å²) in [5.74, 6) is 0.0279. The molecule has 1 N–H and O–H groups in total. The molecule has 0 saturated carbocycles. The highest BCUT2D eigenvalue weighted by Gasteiger charge is 2.41. The fourth-order valence-electron chi connectivity index (χ4n) is 3.72. The summed E-state index contributed by atoms with van der Waals surface area (Å²) in [6.45, 7) is 0.750. The van der Waals surface area contributed by atoms with Gasteiger partial charge in [-0.05, 0) is 42.3 Å². The predicted molar refractivity (Wildman–Crippen MR) is 92.4 cm³/mol. The molecule has 2 aliphatic rings. The van der Waals surface area contributed by atoms with Gasteiger partial charge in [-0.3, -0.25) is 0 Å². The molecule has 0 bridgehead atoms. The van der Waals surface area contributed by atoms with Crippen LogP contribution in [0.15, 0.2) is 42.5 Å². The Morgan fingerprint density at radius 1 is 1.25 bits per heavy atom. The van der Waals surface area contributed by atoms with Gasteiger partial charge in [0.1, 0.15) is 0 Å². The van der Waals surface area contributed by atoms with Crippen molar-refractivity contribution in [3.8, 4) is 0 Å². The van der Waals surface area contributed by atoms with Gasteiger partial charge in [-0.25, -0.2) is 4.79 Å². The quantitative estimate of drug-likeness (QED) is 0.822. The van der Waals surface area contributed by atoms with Crippen molar-refractivity contribution in [3.05, 3.63) is 64.2 Å². The first-order chi connectivity index (χ1) is 11.7. The van der Waals surface area contributed by atoms with Crippen molar-refractivity contribution < 1.29 is 14.3 Å². The van der Waals surface area contributed by atoms with Gasteiger partial charge in [0.05, 0.1) is 24.8 Å². The van der Waals surface area contributed by atoms with Crippen LogP contribution in [-0.2, 0) is 9.47 Å². The molecule has 2 aliphatic heterocycles. The van der Waals surface area contributed by atoms with Crippen molar-refractivity contribution in [2.75, 3.05) is 19.0 Å². The van der Waals surface area contributed by atoms with Gasteiger partial charge in [0.25, 0.3) is 0 Å². The van der Waals surface area contributed by atoms with Crippen LogP contribution in [0.3, 0.4) is 0 Å². The molecule has 0 aromatic heterocycles. The van der Waals surface area contributed by atoms with Crippen molar-refractivity contribution >= 4 is 23.3 Å². The summed E-state index contributed by atoms with van der Waals surface area (Å²) in [6.07, 6.45) is 1.05. The molecule has 2 heterocycles. The molecular formula is C19H18ClNO3. The van der Waals surface area contributed by atoms with E-state index < -0.39 is 0 Å². The predicted octanol–water partition coefficient (Wildman–Crippen LogP) is 4.37. The molecule has 0 amide bonds. The molecular weight excluding hydrogens is 326 g/mol. The molecule has 124 valence electrons. The third-order valence-electron chi connectivity index (χ3n) is 4.89. The summed E-state index contributed by atoms with van der Waals surface area (Å²) in [7, 11) is 1.39. The topological polar surface area (TPSA) is 47.6 Å². The first kappa shape index (κ1) is 15.5. The van der Waals surface area contributed by atoms with Crippen molar-refractivity contribution in [1.82, 2.24) is 0 Å². The second-order valence-corrected chi connectivity index (χ2v) is 6.65. The second-order valence-electron chi connectivity index (χ2n) is 6.21. The number of hydrogen-bond acceptors (Lipinski definition) is 4. The maximum absolute atomic E-state index is 11.6. The maximum Gasteiger partial charge on any atom is 0.337 e. The van der Waals surface area contributed by atoms with E-state index in [1.165, 1.54) is 7.11 Å². The van der Waals surface area contributed by atoms with Crippen molar-refractivity contribution in [2.24, 2.45) is 5.92 Å².